The largest absolute Gasteiger partial charge is 0.323 e. The Morgan fingerprint density at radius 1 is 1.13 bits per heavy atom. The fraction of sp³-hybridized carbons (Fsp3) is 0.304. The number of rotatable bonds is 6. The molecule has 4 rings (SSSR count). The number of aromatic nitrogens is 1. The number of para-hydroxylation sites is 1. The fourth-order valence-electron chi connectivity index (χ4n) is 3.51. The first kappa shape index (κ1) is 20.7. The zero-order valence-corrected chi connectivity index (χ0v) is 17.8. The number of piperazine rings is 1. The van der Waals surface area contributed by atoms with E-state index < -0.39 is 5.82 Å². The molecule has 1 saturated heterocycles. The van der Waals surface area contributed by atoms with Gasteiger partial charge >= 0.3 is 0 Å². The Labute approximate surface area is 180 Å². The Kier molecular flexibility index (Phi) is 6.52. The van der Waals surface area contributed by atoms with Crippen molar-refractivity contribution in [3.8, 4) is 10.6 Å². The lowest BCUT2D eigenvalue weighted by Crippen LogP contribution is -2.43. The highest BCUT2D eigenvalue weighted by Gasteiger charge is 2.15. The summed E-state index contributed by atoms with van der Waals surface area (Å²) in [5.41, 5.74) is 3.21. The second-order valence-electron chi connectivity index (χ2n) is 7.63. The molecular weight excluding hydrogens is 399 g/mol. The monoisotopic (exact) mass is 424 g/mol. The summed E-state index contributed by atoms with van der Waals surface area (Å²) in [5.74, 6) is -0.720. The van der Waals surface area contributed by atoms with E-state index in [9.17, 15) is 9.18 Å². The number of hydrogen-bond donors (Lipinski definition) is 1. The highest BCUT2D eigenvalue weighted by molar-refractivity contribution is 7.13. The van der Waals surface area contributed by atoms with E-state index >= 15 is 0 Å². The molecule has 1 amide bonds. The maximum atomic E-state index is 13.7. The van der Waals surface area contributed by atoms with E-state index in [1.165, 1.54) is 23.0 Å². The predicted octanol–water partition coefficient (Wildman–Crippen LogP) is 3.88. The van der Waals surface area contributed by atoms with Crippen LogP contribution in [0.15, 0.2) is 53.9 Å². The molecule has 156 valence electrons. The SMILES string of the molecule is CN1CCN(Cc2cccc(-c3nc(CC(=O)Nc4ccccc4F)cs3)c2)CC1. The van der Waals surface area contributed by atoms with Gasteiger partial charge in [0.05, 0.1) is 17.8 Å². The van der Waals surface area contributed by atoms with Gasteiger partial charge in [-0.05, 0) is 30.8 Å². The lowest BCUT2D eigenvalue weighted by atomic mass is 10.1. The van der Waals surface area contributed by atoms with Gasteiger partial charge in [0, 0.05) is 43.7 Å². The van der Waals surface area contributed by atoms with Crippen molar-refractivity contribution in [1.29, 1.82) is 0 Å². The minimum Gasteiger partial charge on any atom is -0.323 e. The lowest BCUT2D eigenvalue weighted by Gasteiger charge is -2.32. The van der Waals surface area contributed by atoms with Gasteiger partial charge in [0.15, 0.2) is 0 Å². The molecule has 30 heavy (non-hydrogen) atoms. The van der Waals surface area contributed by atoms with Crippen LogP contribution in [-0.2, 0) is 17.8 Å². The predicted molar refractivity (Wildman–Crippen MR) is 119 cm³/mol. The van der Waals surface area contributed by atoms with Crippen LogP contribution in [0, 0.1) is 5.82 Å². The van der Waals surface area contributed by atoms with E-state index in [1.807, 2.05) is 5.38 Å². The smallest absolute Gasteiger partial charge is 0.230 e. The third kappa shape index (κ3) is 5.30. The summed E-state index contributed by atoms with van der Waals surface area (Å²) in [6, 6.07) is 14.6. The van der Waals surface area contributed by atoms with Crippen LogP contribution in [-0.4, -0.2) is 53.9 Å². The third-order valence-corrected chi connectivity index (χ3v) is 6.16. The summed E-state index contributed by atoms with van der Waals surface area (Å²) in [6.07, 6.45) is 0.117. The van der Waals surface area contributed by atoms with Crippen LogP contribution in [0.25, 0.3) is 10.6 Å². The molecule has 1 aromatic heterocycles. The molecule has 0 bridgehead atoms. The number of anilines is 1. The zero-order chi connectivity index (χ0) is 20.9. The van der Waals surface area contributed by atoms with Crippen LogP contribution in [0.3, 0.4) is 0 Å². The van der Waals surface area contributed by atoms with E-state index in [0.29, 0.717) is 5.69 Å². The molecule has 3 aromatic rings. The molecule has 2 aromatic carbocycles. The maximum absolute atomic E-state index is 13.7. The van der Waals surface area contributed by atoms with Gasteiger partial charge < -0.3 is 10.2 Å². The summed E-state index contributed by atoms with van der Waals surface area (Å²) in [5, 5.41) is 5.39. The van der Waals surface area contributed by atoms with E-state index in [1.54, 1.807) is 18.2 Å². The topological polar surface area (TPSA) is 48.5 Å². The van der Waals surface area contributed by atoms with Gasteiger partial charge in [-0.15, -0.1) is 11.3 Å². The Hall–Kier alpha value is -2.61. The fourth-order valence-corrected chi connectivity index (χ4v) is 4.33. The molecule has 0 saturated carbocycles. The van der Waals surface area contributed by atoms with Crippen molar-refractivity contribution in [3.63, 3.8) is 0 Å². The van der Waals surface area contributed by atoms with Crippen molar-refractivity contribution in [2.75, 3.05) is 38.5 Å². The van der Waals surface area contributed by atoms with Gasteiger partial charge in [-0.1, -0.05) is 30.3 Å². The van der Waals surface area contributed by atoms with Gasteiger partial charge in [-0.25, -0.2) is 9.37 Å². The number of carbonyl (C=O) groups excluding carboxylic acids is 1. The molecule has 0 unspecified atom stereocenters. The molecule has 0 atom stereocenters. The molecule has 0 aliphatic carbocycles. The minimum absolute atomic E-state index is 0.117. The van der Waals surface area contributed by atoms with Crippen molar-refractivity contribution in [2.24, 2.45) is 0 Å². The molecule has 5 nitrogen and oxygen atoms in total. The van der Waals surface area contributed by atoms with Crippen LogP contribution in [0.4, 0.5) is 10.1 Å². The van der Waals surface area contributed by atoms with Crippen molar-refractivity contribution < 1.29 is 9.18 Å². The van der Waals surface area contributed by atoms with Crippen LogP contribution < -0.4 is 5.32 Å². The first-order valence-corrected chi connectivity index (χ1v) is 10.9. The number of hydrogen-bond acceptors (Lipinski definition) is 5. The quantitative estimate of drug-likeness (QED) is 0.653. The van der Waals surface area contributed by atoms with Crippen molar-refractivity contribution in [2.45, 2.75) is 13.0 Å². The summed E-state index contributed by atoms with van der Waals surface area (Å²) < 4.78 is 13.7. The summed E-state index contributed by atoms with van der Waals surface area (Å²) in [4.78, 5) is 21.7. The van der Waals surface area contributed by atoms with Crippen LogP contribution in [0.5, 0.6) is 0 Å². The van der Waals surface area contributed by atoms with Crippen LogP contribution in [0.2, 0.25) is 0 Å². The summed E-state index contributed by atoms with van der Waals surface area (Å²) in [7, 11) is 2.16. The summed E-state index contributed by atoms with van der Waals surface area (Å²) in [6.45, 7) is 5.30. The molecule has 1 fully saturated rings. The van der Waals surface area contributed by atoms with E-state index in [2.05, 4.69) is 51.4 Å². The van der Waals surface area contributed by atoms with Crippen LogP contribution in [0.1, 0.15) is 11.3 Å². The average Bonchev–Trinajstić information content (AvgIpc) is 3.20. The number of thiazole rings is 1. The number of halogens is 1. The standard InChI is InChI=1S/C23H25FN4OS/c1-27-9-11-28(12-10-27)15-17-5-4-6-18(13-17)23-25-19(16-30-23)14-22(29)26-21-8-3-2-7-20(21)24/h2-8,13,16H,9-12,14-15H2,1H3,(H,26,29). The number of benzene rings is 2. The van der Waals surface area contributed by atoms with Gasteiger partial charge in [-0.3, -0.25) is 9.69 Å². The Bertz CT molecular complexity index is 1010. The Morgan fingerprint density at radius 3 is 2.73 bits per heavy atom. The molecule has 2 heterocycles. The van der Waals surface area contributed by atoms with Gasteiger partial charge in [-0.2, -0.15) is 0 Å². The van der Waals surface area contributed by atoms with Crippen molar-refractivity contribution in [1.82, 2.24) is 14.8 Å². The number of likely N-dealkylation sites (N-methyl/N-ethyl adjacent to an activating group) is 1. The van der Waals surface area contributed by atoms with Gasteiger partial charge in [0.2, 0.25) is 5.91 Å². The number of nitrogens with zero attached hydrogens (tertiary/aromatic N) is 3. The molecule has 1 aliphatic heterocycles. The minimum atomic E-state index is -0.443. The highest BCUT2D eigenvalue weighted by Crippen LogP contribution is 2.25. The van der Waals surface area contributed by atoms with Crippen LogP contribution >= 0.6 is 11.3 Å². The number of carbonyl (C=O) groups is 1. The molecule has 7 heteroatoms. The molecule has 0 radical (unpaired) electrons. The average molecular weight is 425 g/mol. The number of nitrogens with one attached hydrogen (secondary N) is 1. The first-order valence-electron chi connectivity index (χ1n) is 10.1. The van der Waals surface area contributed by atoms with Gasteiger partial charge in [0.1, 0.15) is 10.8 Å². The van der Waals surface area contributed by atoms with Crippen molar-refractivity contribution >= 4 is 22.9 Å². The molecule has 1 aliphatic rings. The van der Waals surface area contributed by atoms with Crippen molar-refractivity contribution in [3.05, 3.63) is 71.0 Å². The van der Waals surface area contributed by atoms with E-state index in [4.69, 9.17) is 0 Å². The number of amides is 1. The maximum Gasteiger partial charge on any atom is 0.230 e. The normalized spacial score (nSPS) is 15.3. The van der Waals surface area contributed by atoms with E-state index in [0.717, 1.165) is 43.3 Å². The Morgan fingerprint density at radius 2 is 1.93 bits per heavy atom. The second kappa shape index (κ2) is 9.47. The molecule has 1 N–H and O–H groups in total. The first-order chi connectivity index (χ1) is 14.6. The molecular formula is C23H25FN4OS. The van der Waals surface area contributed by atoms with Gasteiger partial charge in [0.25, 0.3) is 0 Å². The lowest BCUT2D eigenvalue weighted by molar-refractivity contribution is -0.115. The Balaban J connectivity index is 1.39. The zero-order valence-electron chi connectivity index (χ0n) is 17.0. The second-order valence-corrected chi connectivity index (χ2v) is 8.49. The summed E-state index contributed by atoms with van der Waals surface area (Å²) >= 11 is 1.52. The third-order valence-electron chi connectivity index (χ3n) is 5.22. The highest BCUT2D eigenvalue weighted by atomic mass is 32.1. The molecule has 0 spiro atoms. The van der Waals surface area contributed by atoms with E-state index in [-0.39, 0.29) is 18.0 Å².